The fraction of sp³-hybridized carbons (Fsp3) is 0.412. The average Bonchev–Trinajstić information content (AvgIpc) is 3.01. The molecule has 1 aliphatic rings. The highest BCUT2D eigenvalue weighted by molar-refractivity contribution is 5.93. The summed E-state index contributed by atoms with van der Waals surface area (Å²) in [6.45, 7) is 1.90. The van der Waals surface area contributed by atoms with Gasteiger partial charge in [0.1, 0.15) is 5.82 Å². The third-order valence-electron chi connectivity index (χ3n) is 4.33. The smallest absolute Gasteiger partial charge is 0.242 e. The number of benzene rings is 1. The Hall–Kier alpha value is -2.14. The van der Waals surface area contributed by atoms with Gasteiger partial charge < -0.3 is 11.1 Å². The zero-order valence-electron chi connectivity index (χ0n) is 12.8. The lowest BCUT2D eigenvalue weighted by Gasteiger charge is -2.27. The minimum absolute atomic E-state index is 0.159. The molecule has 116 valence electrons. The van der Waals surface area contributed by atoms with Gasteiger partial charge in [-0.1, -0.05) is 31.2 Å². The van der Waals surface area contributed by atoms with Crippen molar-refractivity contribution in [3.05, 3.63) is 47.7 Å². The summed E-state index contributed by atoms with van der Waals surface area (Å²) < 4.78 is 1.91. The minimum Gasteiger partial charge on any atom is -0.320 e. The molecule has 0 bridgehead atoms. The maximum atomic E-state index is 12.0. The van der Waals surface area contributed by atoms with Crippen molar-refractivity contribution < 1.29 is 4.79 Å². The lowest BCUT2D eigenvalue weighted by Crippen LogP contribution is -2.35. The molecule has 0 saturated carbocycles. The molecule has 1 aliphatic carbocycles. The molecule has 1 aromatic heterocycles. The Bertz CT molecular complexity index is 664. The Balaban J connectivity index is 1.88. The molecule has 5 nitrogen and oxygen atoms in total. The molecule has 1 amide bonds. The number of carbonyl (C=O) groups excluding carboxylic acids is 1. The summed E-state index contributed by atoms with van der Waals surface area (Å²) in [5.74, 6) is 0.559. The van der Waals surface area contributed by atoms with Crippen LogP contribution >= 0.6 is 0 Å². The van der Waals surface area contributed by atoms with Crippen molar-refractivity contribution in [1.82, 2.24) is 9.78 Å². The van der Waals surface area contributed by atoms with Crippen LogP contribution < -0.4 is 11.1 Å². The zero-order valence-corrected chi connectivity index (χ0v) is 12.8. The van der Waals surface area contributed by atoms with Gasteiger partial charge in [-0.25, -0.2) is 4.68 Å². The second kappa shape index (κ2) is 6.32. The number of aryl methyl sites for hydroxylation is 1. The van der Waals surface area contributed by atoms with Crippen LogP contribution in [0.1, 0.15) is 43.4 Å². The predicted molar refractivity (Wildman–Crippen MR) is 86.6 cm³/mol. The molecule has 1 heterocycles. The van der Waals surface area contributed by atoms with E-state index in [0.29, 0.717) is 6.42 Å². The molecule has 22 heavy (non-hydrogen) atoms. The van der Waals surface area contributed by atoms with Crippen molar-refractivity contribution in [3.8, 4) is 0 Å². The summed E-state index contributed by atoms with van der Waals surface area (Å²) in [4.78, 5) is 12.0. The number of nitrogens with one attached hydrogen (secondary N) is 1. The molecule has 0 saturated heterocycles. The number of anilines is 1. The van der Waals surface area contributed by atoms with Gasteiger partial charge in [-0.2, -0.15) is 5.10 Å². The predicted octanol–water partition coefficient (Wildman–Crippen LogP) is 2.48. The van der Waals surface area contributed by atoms with Crippen LogP contribution in [0.3, 0.4) is 0 Å². The first-order valence-electron chi connectivity index (χ1n) is 7.88. The minimum atomic E-state index is -0.484. The largest absolute Gasteiger partial charge is 0.320 e. The molecule has 2 aromatic rings. The Labute approximate surface area is 130 Å². The number of nitrogens with zero attached hydrogens (tertiary/aromatic N) is 2. The summed E-state index contributed by atoms with van der Waals surface area (Å²) in [5.41, 5.74) is 8.47. The van der Waals surface area contributed by atoms with Gasteiger partial charge >= 0.3 is 0 Å². The summed E-state index contributed by atoms with van der Waals surface area (Å²) in [6.07, 6.45) is 5.61. The third-order valence-corrected chi connectivity index (χ3v) is 4.33. The number of aromatic nitrogens is 2. The summed E-state index contributed by atoms with van der Waals surface area (Å²) in [5, 5.41) is 7.34. The van der Waals surface area contributed by atoms with E-state index < -0.39 is 6.04 Å². The molecular formula is C17H22N4O. The van der Waals surface area contributed by atoms with Gasteiger partial charge in [0.25, 0.3) is 0 Å². The van der Waals surface area contributed by atoms with Gasteiger partial charge in [0, 0.05) is 6.07 Å². The quantitative estimate of drug-likeness (QED) is 0.910. The van der Waals surface area contributed by atoms with Gasteiger partial charge in [-0.3, -0.25) is 4.79 Å². The van der Waals surface area contributed by atoms with E-state index in [1.54, 1.807) is 6.20 Å². The van der Waals surface area contributed by atoms with Gasteiger partial charge in [-0.15, -0.1) is 0 Å². The fourth-order valence-corrected chi connectivity index (χ4v) is 3.05. The summed E-state index contributed by atoms with van der Waals surface area (Å²) in [7, 11) is 0. The van der Waals surface area contributed by atoms with E-state index in [2.05, 4.69) is 34.7 Å². The Morgan fingerprint density at radius 1 is 1.45 bits per heavy atom. The first-order chi connectivity index (χ1) is 10.7. The van der Waals surface area contributed by atoms with Crippen LogP contribution in [0.5, 0.6) is 0 Å². The van der Waals surface area contributed by atoms with Crippen LogP contribution in [0.25, 0.3) is 0 Å². The van der Waals surface area contributed by atoms with Crippen LogP contribution in [0.2, 0.25) is 0 Å². The van der Waals surface area contributed by atoms with Crippen LogP contribution in [-0.2, 0) is 11.2 Å². The highest BCUT2D eigenvalue weighted by Gasteiger charge is 2.24. The van der Waals surface area contributed by atoms with Crippen molar-refractivity contribution in [2.24, 2.45) is 5.73 Å². The molecule has 1 aromatic carbocycles. The number of amides is 1. The van der Waals surface area contributed by atoms with E-state index in [0.717, 1.165) is 25.1 Å². The number of carbonyl (C=O) groups is 1. The van der Waals surface area contributed by atoms with Crippen molar-refractivity contribution in [2.75, 3.05) is 5.32 Å². The summed E-state index contributed by atoms with van der Waals surface area (Å²) in [6, 6.07) is 9.99. The molecule has 1 unspecified atom stereocenters. The van der Waals surface area contributed by atoms with E-state index in [1.165, 1.54) is 11.1 Å². The second-order valence-corrected chi connectivity index (χ2v) is 5.77. The van der Waals surface area contributed by atoms with Crippen molar-refractivity contribution in [1.29, 1.82) is 0 Å². The average molecular weight is 298 g/mol. The zero-order chi connectivity index (χ0) is 15.5. The first kappa shape index (κ1) is 14.8. The van der Waals surface area contributed by atoms with Gasteiger partial charge in [-0.05, 0) is 36.8 Å². The molecule has 0 aliphatic heterocycles. The van der Waals surface area contributed by atoms with E-state index in [9.17, 15) is 4.79 Å². The van der Waals surface area contributed by atoms with Gasteiger partial charge in [0.15, 0.2) is 0 Å². The number of nitrogens with two attached hydrogens (primary N) is 1. The fourth-order valence-electron chi connectivity index (χ4n) is 3.05. The maximum absolute atomic E-state index is 12.0. The molecule has 0 spiro atoms. The Morgan fingerprint density at radius 3 is 3.09 bits per heavy atom. The van der Waals surface area contributed by atoms with E-state index >= 15 is 0 Å². The van der Waals surface area contributed by atoms with E-state index in [-0.39, 0.29) is 11.9 Å². The van der Waals surface area contributed by atoms with Crippen molar-refractivity contribution in [2.45, 2.75) is 44.7 Å². The van der Waals surface area contributed by atoms with Crippen LogP contribution in [0, 0.1) is 0 Å². The van der Waals surface area contributed by atoms with Crippen LogP contribution in [0.15, 0.2) is 36.5 Å². The van der Waals surface area contributed by atoms with Crippen LogP contribution in [-0.4, -0.2) is 21.7 Å². The normalized spacial score (nSPS) is 18.5. The first-order valence-corrected chi connectivity index (χ1v) is 7.88. The SMILES string of the molecule is CC[C@H](N)C(=O)Nc1ccnn1C1CCCc2ccccc21. The number of hydrogen-bond acceptors (Lipinski definition) is 3. The highest BCUT2D eigenvalue weighted by Crippen LogP contribution is 2.34. The highest BCUT2D eigenvalue weighted by atomic mass is 16.2. The molecule has 3 N–H and O–H groups in total. The lowest BCUT2D eigenvalue weighted by molar-refractivity contribution is -0.117. The Kier molecular flexibility index (Phi) is 4.24. The maximum Gasteiger partial charge on any atom is 0.242 e. The van der Waals surface area contributed by atoms with E-state index in [1.807, 2.05) is 17.7 Å². The molecule has 0 fully saturated rings. The second-order valence-electron chi connectivity index (χ2n) is 5.77. The molecule has 5 heteroatoms. The monoisotopic (exact) mass is 298 g/mol. The van der Waals surface area contributed by atoms with Crippen LogP contribution in [0.4, 0.5) is 5.82 Å². The van der Waals surface area contributed by atoms with Crippen molar-refractivity contribution in [3.63, 3.8) is 0 Å². The topological polar surface area (TPSA) is 72.9 Å². The van der Waals surface area contributed by atoms with Gasteiger partial charge in [0.05, 0.1) is 18.3 Å². The number of fused-ring (bicyclic) bond motifs is 1. The standard InChI is InChI=1S/C17H22N4O/c1-2-14(18)17(22)20-16-10-11-19-21(16)15-9-5-7-12-6-3-4-8-13(12)15/h3-4,6,8,10-11,14-15H,2,5,7,9,18H2,1H3,(H,20,22)/t14-,15?/m0/s1. The number of rotatable bonds is 4. The molecule has 0 radical (unpaired) electrons. The van der Waals surface area contributed by atoms with E-state index in [4.69, 9.17) is 5.73 Å². The summed E-state index contributed by atoms with van der Waals surface area (Å²) >= 11 is 0. The third kappa shape index (κ3) is 2.76. The molecular weight excluding hydrogens is 276 g/mol. The van der Waals surface area contributed by atoms with Crippen molar-refractivity contribution >= 4 is 11.7 Å². The molecule has 3 rings (SSSR count). The lowest BCUT2D eigenvalue weighted by atomic mass is 9.88. The molecule has 2 atom stereocenters. The van der Waals surface area contributed by atoms with Gasteiger partial charge in [0.2, 0.25) is 5.91 Å². The number of hydrogen-bond donors (Lipinski definition) is 2. The Morgan fingerprint density at radius 2 is 2.27 bits per heavy atom.